The number of amides is 1. The number of hydrogen-bond donors (Lipinski definition) is 1. The first-order valence-electron chi connectivity index (χ1n) is 8.95. The Morgan fingerprint density at radius 2 is 2.23 bits per heavy atom. The van der Waals surface area contributed by atoms with Crippen LogP contribution in [0.15, 0.2) is 34.9 Å². The number of likely N-dealkylation sites (N-methyl/N-ethyl adjacent to an activating group) is 1. The molecule has 140 valence electrons. The maximum Gasteiger partial charge on any atom is 0.246 e. The lowest BCUT2D eigenvalue weighted by atomic mass is 10.1. The number of likely N-dealkylation sites (tertiary alicyclic amines) is 1. The average molecular weight is 361 g/mol. The summed E-state index contributed by atoms with van der Waals surface area (Å²) in [6.45, 7) is 5.09. The van der Waals surface area contributed by atoms with Crippen LogP contribution in [0, 0.1) is 5.82 Å². The van der Waals surface area contributed by atoms with Crippen LogP contribution in [0.2, 0.25) is 0 Å². The fourth-order valence-electron chi connectivity index (χ4n) is 3.20. The molecule has 2 aromatic rings. The molecule has 1 aromatic carbocycles. The highest BCUT2D eigenvalue weighted by Gasteiger charge is 2.23. The van der Waals surface area contributed by atoms with Gasteiger partial charge in [-0.25, -0.2) is 4.39 Å². The van der Waals surface area contributed by atoms with Crippen LogP contribution in [0.4, 0.5) is 4.39 Å². The van der Waals surface area contributed by atoms with Gasteiger partial charge in [-0.05, 0) is 50.2 Å². The maximum atomic E-state index is 12.9. The second-order valence-electron chi connectivity index (χ2n) is 6.41. The second-order valence-corrected chi connectivity index (χ2v) is 6.41. The molecule has 0 bridgehead atoms. The van der Waals surface area contributed by atoms with Crippen molar-refractivity contribution in [3.05, 3.63) is 41.8 Å². The van der Waals surface area contributed by atoms with Crippen LogP contribution in [0.25, 0.3) is 11.3 Å². The molecule has 0 radical (unpaired) electrons. The molecule has 26 heavy (non-hydrogen) atoms. The monoisotopic (exact) mass is 361 g/mol. The van der Waals surface area contributed by atoms with Gasteiger partial charge in [0.1, 0.15) is 18.1 Å². The summed E-state index contributed by atoms with van der Waals surface area (Å²) in [6.07, 6.45) is 2.31. The van der Waals surface area contributed by atoms with Gasteiger partial charge in [0.2, 0.25) is 5.91 Å². The first kappa shape index (κ1) is 18.5. The zero-order chi connectivity index (χ0) is 18.4. The molecule has 7 heteroatoms. The summed E-state index contributed by atoms with van der Waals surface area (Å²) in [5.41, 5.74) is 1.32. The Labute approximate surface area is 152 Å². The Morgan fingerprint density at radius 3 is 3.00 bits per heavy atom. The van der Waals surface area contributed by atoms with Gasteiger partial charge in [-0.2, -0.15) is 0 Å². The number of benzene rings is 1. The molecule has 1 atom stereocenters. The highest BCUT2D eigenvalue weighted by molar-refractivity contribution is 5.77. The molecule has 0 unspecified atom stereocenters. The lowest BCUT2D eigenvalue weighted by Crippen LogP contribution is -2.41. The van der Waals surface area contributed by atoms with E-state index in [1.54, 1.807) is 18.2 Å². The molecule has 1 saturated heterocycles. The van der Waals surface area contributed by atoms with Gasteiger partial charge in [0, 0.05) is 24.2 Å². The minimum absolute atomic E-state index is 0.0163. The number of nitrogens with one attached hydrogen (secondary N) is 1. The normalized spacial score (nSPS) is 17.5. The first-order chi connectivity index (χ1) is 12.7. The number of carbonyl (C=O) groups excluding carboxylic acids is 1. The summed E-state index contributed by atoms with van der Waals surface area (Å²) in [5, 5.41) is 6.84. The van der Waals surface area contributed by atoms with Gasteiger partial charge in [0.25, 0.3) is 0 Å². The predicted octanol–water partition coefficient (Wildman–Crippen LogP) is 2.60. The van der Waals surface area contributed by atoms with E-state index in [2.05, 4.69) is 22.3 Å². The van der Waals surface area contributed by atoms with Crippen molar-refractivity contribution >= 4 is 5.91 Å². The summed E-state index contributed by atoms with van der Waals surface area (Å²) in [5.74, 6) is 0.103. The molecular formula is C19H24FN3O3. The number of ether oxygens (including phenoxy) is 1. The number of rotatable bonds is 8. The summed E-state index contributed by atoms with van der Waals surface area (Å²) < 4.78 is 23.6. The molecule has 6 nitrogen and oxygen atoms in total. The Hall–Kier alpha value is -2.25. The van der Waals surface area contributed by atoms with Crippen molar-refractivity contribution in [2.45, 2.75) is 32.4 Å². The van der Waals surface area contributed by atoms with Crippen molar-refractivity contribution in [2.75, 3.05) is 26.2 Å². The van der Waals surface area contributed by atoms with Crippen LogP contribution < -0.4 is 5.32 Å². The smallest absolute Gasteiger partial charge is 0.246 e. The second kappa shape index (κ2) is 8.91. The fourth-order valence-corrected chi connectivity index (χ4v) is 3.20. The molecule has 0 spiro atoms. The molecule has 3 rings (SSSR count). The highest BCUT2D eigenvalue weighted by Crippen LogP contribution is 2.21. The third-order valence-electron chi connectivity index (χ3n) is 4.61. The molecular weight excluding hydrogens is 337 g/mol. The molecule has 1 aliphatic heterocycles. The summed E-state index contributed by atoms with van der Waals surface area (Å²) in [6, 6.07) is 8.12. The summed E-state index contributed by atoms with van der Waals surface area (Å²) in [4.78, 5) is 14.3. The number of halogens is 1. The number of nitrogens with zero attached hydrogens (tertiary/aromatic N) is 2. The van der Waals surface area contributed by atoms with E-state index in [1.165, 1.54) is 18.6 Å². The van der Waals surface area contributed by atoms with Gasteiger partial charge < -0.3 is 14.6 Å². The van der Waals surface area contributed by atoms with Crippen LogP contribution >= 0.6 is 0 Å². The zero-order valence-corrected chi connectivity index (χ0v) is 14.9. The van der Waals surface area contributed by atoms with Gasteiger partial charge in [0.05, 0.1) is 6.61 Å². The van der Waals surface area contributed by atoms with Crippen LogP contribution in [-0.2, 0) is 16.1 Å². The number of aromatic nitrogens is 1. The van der Waals surface area contributed by atoms with Gasteiger partial charge >= 0.3 is 0 Å². The minimum Gasteiger partial charge on any atom is -0.365 e. The van der Waals surface area contributed by atoms with Crippen molar-refractivity contribution in [2.24, 2.45) is 0 Å². The third-order valence-corrected chi connectivity index (χ3v) is 4.61. The number of hydrogen-bond acceptors (Lipinski definition) is 5. The number of carbonyl (C=O) groups is 1. The first-order valence-corrected chi connectivity index (χ1v) is 8.95. The van der Waals surface area contributed by atoms with Crippen molar-refractivity contribution in [3.8, 4) is 11.3 Å². The van der Waals surface area contributed by atoms with E-state index in [0.717, 1.165) is 25.1 Å². The Bertz CT molecular complexity index is 717. The molecule has 1 aliphatic rings. The van der Waals surface area contributed by atoms with E-state index >= 15 is 0 Å². The van der Waals surface area contributed by atoms with Gasteiger partial charge in [0.15, 0.2) is 5.76 Å². The Morgan fingerprint density at radius 1 is 1.42 bits per heavy atom. The van der Waals surface area contributed by atoms with Crippen molar-refractivity contribution in [3.63, 3.8) is 0 Å². The SMILES string of the molecule is CCN1CCC[C@@H]1CNC(=O)COCc1cc(-c2ccc(F)cc2)on1. The van der Waals surface area contributed by atoms with E-state index in [-0.39, 0.29) is 24.9 Å². The van der Waals surface area contributed by atoms with E-state index < -0.39 is 0 Å². The summed E-state index contributed by atoms with van der Waals surface area (Å²) in [7, 11) is 0. The Balaban J connectivity index is 1.39. The van der Waals surface area contributed by atoms with E-state index in [0.29, 0.717) is 24.0 Å². The topological polar surface area (TPSA) is 67.6 Å². The Kier molecular flexibility index (Phi) is 6.35. The molecule has 1 aromatic heterocycles. The standard InChI is InChI=1S/C19H24FN3O3/c1-2-23-9-3-4-17(23)11-21-19(24)13-25-12-16-10-18(26-22-16)14-5-7-15(20)8-6-14/h5-8,10,17H,2-4,9,11-13H2,1H3,(H,21,24)/t17-/m1/s1. The molecule has 0 saturated carbocycles. The van der Waals surface area contributed by atoms with Crippen molar-refractivity contribution < 1.29 is 18.4 Å². The van der Waals surface area contributed by atoms with Gasteiger partial charge in [-0.3, -0.25) is 9.69 Å². The van der Waals surface area contributed by atoms with Crippen molar-refractivity contribution in [1.82, 2.24) is 15.4 Å². The van der Waals surface area contributed by atoms with Crippen molar-refractivity contribution in [1.29, 1.82) is 0 Å². The quantitative estimate of drug-likeness (QED) is 0.783. The third kappa shape index (κ3) is 4.89. The van der Waals surface area contributed by atoms with Crippen LogP contribution in [-0.4, -0.2) is 48.2 Å². The molecule has 2 heterocycles. The van der Waals surface area contributed by atoms with Crippen LogP contribution in [0.3, 0.4) is 0 Å². The molecule has 1 fully saturated rings. The van der Waals surface area contributed by atoms with Gasteiger partial charge in [-0.1, -0.05) is 12.1 Å². The molecule has 1 amide bonds. The largest absolute Gasteiger partial charge is 0.365 e. The van der Waals surface area contributed by atoms with E-state index in [9.17, 15) is 9.18 Å². The predicted molar refractivity (Wildman–Crippen MR) is 94.8 cm³/mol. The zero-order valence-electron chi connectivity index (χ0n) is 14.9. The minimum atomic E-state index is -0.303. The molecule has 1 N–H and O–H groups in total. The van der Waals surface area contributed by atoms with E-state index in [1.807, 2.05) is 0 Å². The van der Waals surface area contributed by atoms with Crippen LogP contribution in [0.5, 0.6) is 0 Å². The lowest BCUT2D eigenvalue weighted by molar-refractivity contribution is -0.126. The van der Waals surface area contributed by atoms with Crippen LogP contribution in [0.1, 0.15) is 25.5 Å². The molecule has 0 aliphatic carbocycles. The fraction of sp³-hybridized carbons (Fsp3) is 0.474. The summed E-state index contributed by atoms with van der Waals surface area (Å²) >= 11 is 0. The lowest BCUT2D eigenvalue weighted by Gasteiger charge is -2.22. The maximum absolute atomic E-state index is 12.9. The highest BCUT2D eigenvalue weighted by atomic mass is 19.1. The van der Waals surface area contributed by atoms with E-state index in [4.69, 9.17) is 9.26 Å². The van der Waals surface area contributed by atoms with Gasteiger partial charge in [-0.15, -0.1) is 0 Å². The average Bonchev–Trinajstić information content (AvgIpc) is 3.29.